The second-order valence-corrected chi connectivity index (χ2v) is 20.5. The van der Waals surface area contributed by atoms with Crippen LogP contribution in [0.5, 0.6) is 0 Å². The van der Waals surface area contributed by atoms with Crippen molar-refractivity contribution in [1.82, 2.24) is 0 Å². The molecule has 0 nitrogen and oxygen atoms in total. The SMILES string of the molecule is CC(C)(C)c1cc2c(cc1-c1ccccc1)[cH-]c1cc(-c3ccccc3)c(C(C)(C)C)cc12.CC1[C-]=CC(C2(C)CCCCC2)=C1.[Cl-].[Cl-].[Zr+2]=[C](c1ccccc1)c1ccccc1. The van der Waals surface area contributed by atoms with Crippen LogP contribution in [-0.2, 0) is 35.1 Å². The Balaban J connectivity index is 0.000000206. The van der Waals surface area contributed by atoms with Gasteiger partial charge >= 0.3 is 99.2 Å². The Bertz CT molecular complexity index is 2440. The third-order valence-corrected chi connectivity index (χ3v) is 13.9. The van der Waals surface area contributed by atoms with E-state index in [2.05, 4.69) is 225 Å². The second kappa shape index (κ2) is 21.1. The standard InChI is InChI=1S/C33H33.C13H19.C13H10.2ClH.Zr/c1-32(2,3)30-20-26-24(18-28(30)22-13-9-7-10-14-22)17-25-19-29(23-15-11-8-12-16-23)31(21-27(25)26)33(4,5)6;1-11-6-7-12(10-11)13(2)8-4-3-5-9-13;1-3-7-12(8-4-1)11-13-9-5-2-6-10-13;;;/h7-21H,1-6H3;7,10-11H,3-5,8-9H2,1-2H3;1-10H;2*1H;/q2*-1;;;;+2/p-2. The van der Waals surface area contributed by atoms with Crippen molar-refractivity contribution in [1.29, 1.82) is 0 Å². The number of fused-ring (bicyclic) bond motifs is 3. The summed E-state index contributed by atoms with van der Waals surface area (Å²) in [6, 6.07) is 54.8. The average molecular weight is 933 g/mol. The first-order valence-electron chi connectivity index (χ1n) is 22.1. The molecule has 2 aliphatic carbocycles. The van der Waals surface area contributed by atoms with Gasteiger partial charge in [0.2, 0.25) is 0 Å². The van der Waals surface area contributed by atoms with Gasteiger partial charge in [-0.05, 0) is 44.2 Å². The molecule has 0 amide bonds. The van der Waals surface area contributed by atoms with E-state index < -0.39 is 0 Å². The van der Waals surface area contributed by atoms with Gasteiger partial charge in [-0.3, -0.25) is 6.08 Å². The molecule has 0 heterocycles. The molecular weight excluding hydrogens is 871 g/mol. The molecule has 1 saturated carbocycles. The Kier molecular flexibility index (Phi) is 16.7. The number of allylic oxidation sites excluding steroid dienone is 4. The molecular formula is C59H62Cl2Zr-2. The Morgan fingerprint density at radius 1 is 0.581 bits per heavy atom. The zero-order valence-electron chi connectivity index (χ0n) is 38.0. The first-order chi connectivity index (χ1) is 28.7. The molecule has 318 valence electrons. The molecule has 0 aliphatic heterocycles. The number of rotatable bonds is 5. The van der Waals surface area contributed by atoms with Crippen molar-refractivity contribution in [3.05, 3.63) is 198 Å². The van der Waals surface area contributed by atoms with Gasteiger partial charge in [-0.15, -0.1) is 39.7 Å². The summed E-state index contributed by atoms with van der Waals surface area (Å²) < 4.78 is 1.42. The Labute approximate surface area is 400 Å². The van der Waals surface area contributed by atoms with Crippen LogP contribution in [0.2, 0.25) is 0 Å². The molecule has 7 aromatic carbocycles. The average Bonchev–Trinajstić information content (AvgIpc) is 3.87. The van der Waals surface area contributed by atoms with Crippen LogP contribution in [0.25, 0.3) is 43.8 Å². The van der Waals surface area contributed by atoms with E-state index in [1.54, 1.807) is 5.57 Å². The van der Waals surface area contributed by atoms with Crippen molar-refractivity contribution >= 4 is 24.8 Å². The van der Waals surface area contributed by atoms with Crippen molar-refractivity contribution in [2.75, 3.05) is 0 Å². The van der Waals surface area contributed by atoms with Crippen LogP contribution in [0, 0.1) is 17.4 Å². The maximum atomic E-state index is 3.37. The molecule has 0 bridgehead atoms. The summed E-state index contributed by atoms with van der Waals surface area (Å²) in [4.78, 5) is 0. The van der Waals surface area contributed by atoms with Crippen molar-refractivity contribution in [2.24, 2.45) is 11.3 Å². The van der Waals surface area contributed by atoms with Gasteiger partial charge in [-0.25, -0.2) is 6.08 Å². The number of hydrogen-bond acceptors (Lipinski definition) is 0. The molecule has 0 radical (unpaired) electrons. The fourth-order valence-corrected chi connectivity index (χ4v) is 9.84. The van der Waals surface area contributed by atoms with Gasteiger partial charge in [0.15, 0.2) is 0 Å². The minimum atomic E-state index is 0. The van der Waals surface area contributed by atoms with E-state index in [0.717, 1.165) is 0 Å². The van der Waals surface area contributed by atoms with Crippen molar-refractivity contribution in [3.8, 4) is 22.3 Å². The van der Waals surface area contributed by atoms with Gasteiger partial charge in [0.05, 0.1) is 0 Å². The van der Waals surface area contributed by atoms with Crippen LogP contribution in [0.1, 0.15) is 110 Å². The maximum absolute atomic E-state index is 3.37. The second-order valence-electron chi connectivity index (χ2n) is 19.3. The number of hydrogen-bond donors (Lipinski definition) is 0. The zero-order valence-corrected chi connectivity index (χ0v) is 41.9. The Morgan fingerprint density at radius 3 is 1.32 bits per heavy atom. The van der Waals surface area contributed by atoms with E-state index in [9.17, 15) is 0 Å². The first-order valence-corrected chi connectivity index (χ1v) is 23.3. The monoisotopic (exact) mass is 930 g/mol. The molecule has 1 fully saturated rings. The van der Waals surface area contributed by atoms with Crippen LogP contribution in [0.15, 0.2) is 169 Å². The summed E-state index contributed by atoms with van der Waals surface area (Å²) in [7, 11) is 0. The van der Waals surface area contributed by atoms with Crippen LogP contribution in [0.4, 0.5) is 0 Å². The molecule has 9 rings (SSSR count). The fourth-order valence-electron chi connectivity index (χ4n) is 9.02. The Morgan fingerprint density at radius 2 is 0.968 bits per heavy atom. The quantitative estimate of drug-likeness (QED) is 0.151. The predicted octanol–water partition coefficient (Wildman–Crippen LogP) is 10.3. The van der Waals surface area contributed by atoms with Crippen LogP contribution in [-0.4, -0.2) is 3.21 Å². The third kappa shape index (κ3) is 11.6. The molecule has 3 heteroatoms. The molecule has 1 unspecified atom stereocenters. The summed E-state index contributed by atoms with van der Waals surface area (Å²) in [5, 5.41) is 5.36. The van der Waals surface area contributed by atoms with Crippen molar-refractivity contribution in [3.63, 3.8) is 0 Å². The van der Waals surface area contributed by atoms with Crippen LogP contribution >= 0.6 is 0 Å². The number of benzene rings is 6. The van der Waals surface area contributed by atoms with Gasteiger partial charge in [0.1, 0.15) is 0 Å². The van der Waals surface area contributed by atoms with Crippen molar-refractivity contribution in [2.45, 2.75) is 98.3 Å². The van der Waals surface area contributed by atoms with Gasteiger partial charge in [0, 0.05) is 0 Å². The van der Waals surface area contributed by atoms with Gasteiger partial charge in [-0.2, -0.15) is 11.6 Å². The number of halogens is 2. The third-order valence-electron chi connectivity index (χ3n) is 12.5. The molecule has 0 aromatic heterocycles. The summed E-state index contributed by atoms with van der Waals surface area (Å²) >= 11 is 1.46. The molecule has 7 aromatic rings. The fraction of sp³-hybridized carbons (Fsp3) is 0.288. The predicted molar refractivity (Wildman–Crippen MR) is 258 cm³/mol. The first kappa shape index (κ1) is 49.0. The van der Waals surface area contributed by atoms with Crippen molar-refractivity contribution < 1.29 is 49.0 Å². The van der Waals surface area contributed by atoms with E-state index in [0.29, 0.717) is 11.3 Å². The Hall–Kier alpha value is -4.00. The van der Waals surface area contributed by atoms with Gasteiger partial charge in [0.25, 0.3) is 0 Å². The van der Waals surface area contributed by atoms with E-state index in [-0.39, 0.29) is 35.6 Å². The molecule has 0 spiro atoms. The summed E-state index contributed by atoms with van der Waals surface area (Å²) in [5.41, 5.74) is 12.9. The van der Waals surface area contributed by atoms with E-state index >= 15 is 0 Å². The van der Waals surface area contributed by atoms with Gasteiger partial charge < -0.3 is 24.8 Å². The molecule has 0 saturated heterocycles. The minimum absolute atomic E-state index is 0. The molecule has 62 heavy (non-hydrogen) atoms. The van der Waals surface area contributed by atoms with E-state index in [1.807, 2.05) is 0 Å². The molecule has 1 atom stereocenters. The zero-order chi connectivity index (χ0) is 42.5. The normalized spacial score (nSPS) is 15.6. The summed E-state index contributed by atoms with van der Waals surface area (Å²) in [6.07, 6.45) is 15.0. The van der Waals surface area contributed by atoms with Gasteiger partial charge in [-0.1, -0.05) is 172 Å². The molecule has 0 N–H and O–H groups in total. The topological polar surface area (TPSA) is 0 Å². The summed E-state index contributed by atoms with van der Waals surface area (Å²) in [5.74, 6) is 0.550. The van der Waals surface area contributed by atoms with Crippen LogP contribution in [0.3, 0.4) is 0 Å². The molecule has 2 aliphatic rings. The van der Waals surface area contributed by atoms with Crippen LogP contribution < -0.4 is 24.8 Å². The van der Waals surface area contributed by atoms with E-state index in [1.165, 1.54) is 126 Å². The summed E-state index contributed by atoms with van der Waals surface area (Å²) in [6.45, 7) is 18.6. The van der Waals surface area contributed by atoms with E-state index in [4.69, 9.17) is 0 Å².